The maximum atomic E-state index is 9.14. The molecule has 1 spiro atoms. The molecule has 0 amide bonds. The van der Waals surface area contributed by atoms with Gasteiger partial charge in [0, 0.05) is 7.11 Å². The third-order valence-electron chi connectivity index (χ3n) is 6.15. The summed E-state index contributed by atoms with van der Waals surface area (Å²) in [6.07, 6.45) is 6.10. The minimum absolute atomic E-state index is 0.227. The highest BCUT2D eigenvalue weighted by Gasteiger charge is 2.43. The number of hydrogen-bond donors (Lipinski definition) is 0. The number of allylic oxidation sites excluding steroid dienone is 1. The lowest BCUT2D eigenvalue weighted by molar-refractivity contribution is 0.0448. The third-order valence-corrected chi connectivity index (χ3v) is 6.15. The van der Waals surface area contributed by atoms with E-state index in [9.17, 15) is 0 Å². The summed E-state index contributed by atoms with van der Waals surface area (Å²) in [4.78, 5) is 0. The first-order chi connectivity index (χ1) is 12.1. The van der Waals surface area contributed by atoms with E-state index in [-0.39, 0.29) is 5.41 Å². The topological polar surface area (TPSA) is 33.0 Å². The molecule has 0 radical (unpaired) electrons. The number of ether oxygens (including phenoxy) is 1. The van der Waals surface area contributed by atoms with Crippen molar-refractivity contribution in [2.24, 2.45) is 5.41 Å². The minimum atomic E-state index is 0.227. The van der Waals surface area contributed by atoms with Gasteiger partial charge in [-0.15, -0.1) is 0 Å². The smallest absolute Gasteiger partial charge is 0.0991 e. The first-order valence-corrected chi connectivity index (χ1v) is 9.01. The van der Waals surface area contributed by atoms with E-state index in [0.717, 1.165) is 37.7 Å². The van der Waals surface area contributed by atoms with Crippen LogP contribution in [-0.2, 0) is 11.2 Å². The molecule has 126 valence electrons. The average Bonchev–Trinajstić information content (AvgIpc) is 2.94. The lowest BCUT2D eigenvalue weighted by Crippen LogP contribution is -2.30. The Labute approximate surface area is 149 Å². The summed E-state index contributed by atoms with van der Waals surface area (Å²) < 4.78 is 5.55. The fraction of sp³-hybridized carbons (Fsp3) is 0.348. The van der Waals surface area contributed by atoms with Gasteiger partial charge >= 0.3 is 0 Å². The van der Waals surface area contributed by atoms with Gasteiger partial charge in [0.05, 0.1) is 17.7 Å². The normalized spacial score (nSPS) is 25.0. The molecule has 0 bridgehead atoms. The molecule has 25 heavy (non-hydrogen) atoms. The maximum Gasteiger partial charge on any atom is 0.0991 e. The van der Waals surface area contributed by atoms with Crippen molar-refractivity contribution in [3.8, 4) is 17.2 Å². The van der Waals surface area contributed by atoms with Crippen LogP contribution in [0, 0.1) is 16.7 Å². The highest BCUT2D eigenvalue weighted by Crippen LogP contribution is 2.54. The summed E-state index contributed by atoms with van der Waals surface area (Å²) >= 11 is 0. The Kier molecular flexibility index (Phi) is 3.98. The Morgan fingerprint density at radius 1 is 1.12 bits per heavy atom. The molecular weight excluding hydrogens is 306 g/mol. The first kappa shape index (κ1) is 16.1. The van der Waals surface area contributed by atoms with Crippen molar-refractivity contribution < 1.29 is 4.74 Å². The highest BCUT2D eigenvalue weighted by atomic mass is 16.5. The van der Waals surface area contributed by atoms with Crippen LogP contribution in [0.2, 0.25) is 0 Å². The van der Waals surface area contributed by atoms with Crippen molar-refractivity contribution in [2.45, 2.75) is 38.2 Å². The summed E-state index contributed by atoms with van der Waals surface area (Å²) in [6.45, 7) is 4.50. The average molecular weight is 329 g/mol. The van der Waals surface area contributed by atoms with E-state index < -0.39 is 0 Å². The molecule has 0 saturated heterocycles. The summed E-state index contributed by atoms with van der Waals surface area (Å²) in [6, 6.07) is 16.8. The molecule has 2 nitrogen and oxygen atoms in total. The van der Waals surface area contributed by atoms with E-state index in [4.69, 9.17) is 10.00 Å². The standard InChI is InChI=1S/C23H23NO/c1-16-22-13-19(18-5-3-4-17(12-18)15-24)6-7-20(22)14-23(16)10-8-21(25-2)9-11-23/h3-7,12-13,21H,1,8-11,14H2,2H3. The Balaban J connectivity index is 1.66. The second-order valence-electron chi connectivity index (χ2n) is 7.44. The molecule has 1 saturated carbocycles. The Morgan fingerprint density at radius 3 is 2.60 bits per heavy atom. The summed E-state index contributed by atoms with van der Waals surface area (Å²) in [5, 5.41) is 9.14. The molecular formula is C23H23NO. The van der Waals surface area contributed by atoms with E-state index >= 15 is 0 Å². The zero-order valence-electron chi connectivity index (χ0n) is 14.7. The predicted octanol–water partition coefficient (Wildman–Crippen LogP) is 5.37. The van der Waals surface area contributed by atoms with Crippen LogP contribution in [0.15, 0.2) is 49.0 Å². The lowest BCUT2D eigenvalue weighted by Gasteiger charge is -2.37. The molecule has 2 aromatic rings. The number of benzene rings is 2. The van der Waals surface area contributed by atoms with Gasteiger partial charge < -0.3 is 4.74 Å². The highest BCUT2D eigenvalue weighted by molar-refractivity contribution is 5.80. The van der Waals surface area contributed by atoms with Crippen LogP contribution < -0.4 is 0 Å². The number of nitriles is 1. The largest absolute Gasteiger partial charge is 0.381 e. The quantitative estimate of drug-likeness (QED) is 0.742. The van der Waals surface area contributed by atoms with Gasteiger partial charge in [-0.3, -0.25) is 0 Å². The van der Waals surface area contributed by atoms with E-state index in [1.165, 1.54) is 22.3 Å². The van der Waals surface area contributed by atoms with E-state index in [1.807, 2.05) is 25.3 Å². The van der Waals surface area contributed by atoms with Gasteiger partial charge in [0.2, 0.25) is 0 Å². The van der Waals surface area contributed by atoms with Gasteiger partial charge in [0.1, 0.15) is 0 Å². The van der Waals surface area contributed by atoms with Crippen molar-refractivity contribution in [2.75, 3.05) is 7.11 Å². The van der Waals surface area contributed by atoms with Crippen LogP contribution in [0.25, 0.3) is 16.7 Å². The molecule has 0 aliphatic heterocycles. The molecule has 0 unspecified atom stereocenters. The number of nitrogens with zero attached hydrogens (tertiary/aromatic N) is 1. The van der Waals surface area contributed by atoms with Crippen LogP contribution in [-0.4, -0.2) is 13.2 Å². The van der Waals surface area contributed by atoms with Crippen molar-refractivity contribution in [3.05, 3.63) is 65.7 Å². The molecule has 2 aliphatic carbocycles. The Morgan fingerprint density at radius 2 is 1.88 bits per heavy atom. The van der Waals surface area contributed by atoms with Crippen LogP contribution >= 0.6 is 0 Å². The zero-order valence-corrected chi connectivity index (χ0v) is 14.7. The van der Waals surface area contributed by atoms with Crippen LogP contribution in [0.1, 0.15) is 42.4 Å². The fourth-order valence-corrected chi connectivity index (χ4v) is 4.57. The molecule has 4 rings (SSSR count). The Hall–Kier alpha value is -2.37. The minimum Gasteiger partial charge on any atom is -0.381 e. The lowest BCUT2D eigenvalue weighted by atomic mass is 9.69. The predicted molar refractivity (Wildman–Crippen MR) is 101 cm³/mol. The van der Waals surface area contributed by atoms with E-state index in [2.05, 4.69) is 36.9 Å². The number of rotatable bonds is 2. The third kappa shape index (κ3) is 2.69. The van der Waals surface area contributed by atoms with Gasteiger partial charge in [0.25, 0.3) is 0 Å². The molecule has 2 heteroatoms. The first-order valence-electron chi connectivity index (χ1n) is 9.01. The maximum absolute atomic E-state index is 9.14. The molecule has 0 atom stereocenters. The van der Waals surface area contributed by atoms with Gasteiger partial charge in [0.15, 0.2) is 0 Å². The zero-order chi connectivity index (χ0) is 17.4. The Bertz CT molecular complexity index is 866. The molecule has 2 aliphatic rings. The van der Waals surface area contributed by atoms with Crippen LogP contribution in [0.3, 0.4) is 0 Å². The van der Waals surface area contributed by atoms with Crippen molar-refractivity contribution in [3.63, 3.8) is 0 Å². The molecule has 0 heterocycles. The summed E-state index contributed by atoms with van der Waals surface area (Å²) in [7, 11) is 1.82. The number of fused-ring (bicyclic) bond motifs is 1. The summed E-state index contributed by atoms with van der Waals surface area (Å²) in [5.41, 5.74) is 7.22. The van der Waals surface area contributed by atoms with Gasteiger partial charge in [-0.25, -0.2) is 0 Å². The molecule has 2 aromatic carbocycles. The van der Waals surface area contributed by atoms with Gasteiger partial charge in [-0.2, -0.15) is 5.26 Å². The second kappa shape index (κ2) is 6.17. The SMILES string of the molecule is C=C1c2cc(-c3cccc(C#N)c3)ccc2CC12CCC(OC)CC2. The van der Waals surface area contributed by atoms with Gasteiger partial charge in [-0.05, 0) is 83.5 Å². The number of methoxy groups -OCH3 is 1. The molecule has 0 N–H and O–H groups in total. The molecule has 1 fully saturated rings. The monoisotopic (exact) mass is 329 g/mol. The van der Waals surface area contributed by atoms with Crippen molar-refractivity contribution >= 4 is 5.57 Å². The number of hydrogen-bond acceptors (Lipinski definition) is 2. The summed E-state index contributed by atoms with van der Waals surface area (Å²) in [5.74, 6) is 0. The van der Waals surface area contributed by atoms with Gasteiger partial charge in [-0.1, -0.05) is 30.8 Å². The van der Waals surface area contributed by atoms with Crippen LogP contribution in [0.5, 0.6) is 0 Å². The fourth-order valence-electron chi connectivity index (χ4n) is 4.57. The molecule has 0 aromatic heterocycles. The van der Waals surface area contributed by atoms with Crippen molar-refractivity contribution in [1.82, 2.24) is 0 Å². The second-order valence-corrected chi connectivity index (χ2v) is 7.44. The van der Waals surface area contributed by atoms with Crippen LogP contribution in [0.4, 0.5) is 0 Å². The van der Waals surface area contributed by atoms with E-state index in [0.29, 0.717) is 11.7 Å². The van der Waals surface area contributed by atoms with E-state index in [1.54, 1.807) is 0 Å². The van der Waals surface area contributed by atoms with Crippen molar-refractivity contribution in [1.29, 1.82) is 5.26 Å².